The molecule has 1 saturated carbocycles. The van der Waals surface area contributed by atoms with Crippen LogP contribution in [0.3, 0.4) is 0 Å². The van der Waals surface area contributed by atoms with Gasteiger partial charge in [0.15, 0.2) is 0 Å². The number of para-hydroxylation sites is 1. The van der Waals surface area contributed by atoms with Crippen LogP contribution in [-0.4, -0.2) is 45.5 Å². The lowest BCUT2D eigenvalue weighted by Crippen LogP contribution is -2.53. The van der Waals surface area contributed by atoms with Crippen molar-refractivity contribution in [2.45, 2.75) is 76.3 Å². The van der Waals surface area contributed by atoms with Gasteiger partial charge in [0.05, 0.1) is 36.6 Å². The van der Waals surface area contributed by atoms with Crippen molar-refractivity contribution in [3.05, 3.63) is 59.7 Å². The van der Waals surface area contributed by atoms with Gasteiger partial charge in [0, 0.05) is 17.7 Å². The van der Waals surface area contributed by atoms with Crippen LogP contribution in [0, 0.1) is 17.7 Å². The molecule has 0 spiro atoms. The summed E-state index contributed by atoms with van der Waals surface area (Å²) in [5.41, 5.74) is 5.07. The van der Waals surface area contributed by atoms with E-state index < -0.39 is 41.1 Å². The number of aliphatic hydroxyl groups excluding tert-OH is 1. The quantitative estimate of drug-likeness (QED) is 0.293. The molecule has 0 saturated heterocycles. The van der Waals surface area contributed by atoms with E-state index in [1.807, 2.05) is 38.1 Å². The zero-order valence-electron chi connectivity index (χ0n) is 22.1. The number of rotatable bonds is 9. The van der Waals surface area contributed by atoms with E-state index in [-0.39, 0.29) is 24.2 Å². The predicted octanol–water partition coefficient (Wildman–Crippen LogP) is 2.95. The van der Waals surface area contributed by atoms with Crippen LogP contribution in [0.2, 0.25) is 0 Å². The van der Waals surface area contributed by atoms with Crippen LogP contribution in [0.15, 0.2) is 47.7 Å². The second kappa shape index (κ2) is 10.7. The molecule has 1 fully saturated rings. The van der Waals surface area contributed by atoms with Crippen molar-refractivity contribution in [3.8, 4) is 5.75 Å². The molecule has 2 aliphatic rings. The minimum atomic E-state index is -0.976. The van der Waals surface area contributed by atoms with Crippen LogP contribution >= 0.6 is 0 Å². The fourth-order valence-electron chi connectivity index (χ4n) is 5.10. The molecule has 1 aliphatic carbocycles. The van der Waals surface area contributed by atoms with Crippen molar-refractivity contribution in [1.29, 1.82) is 0 Å². The van der Waals surface area contributed by atoms with E-state index in [4.69, 9.17) is 10.5 Å². The number of hydrogen-bond donors (Lipinski definition) is 4. The number of amides is 2. The lowest BCUT2D eigenvalue weighted by Gasteiger charge is -2.42. The van der Waals surface area contributed by atoms with E-state index >= 15 is 0 Å². The van der Waals surface area contributed by atoms with Gasteiger partial charge in [-0.15, -0.1) is 0 Å². The Morgan fingerprint density at radius 3 is 2.79 bits per heavy atom. The third-order valence-corrected chi connectivity index (χ3v) is 7.65. The summed E-state index contributed by atoms with van der Waals surface area (Å²) in [7, 11) is 0. The van der Waals surface area contributed by atoms with Crippen molar-refractivity contribution in [1.82, 2.24) is 15.6 Å². The number of hydrogen-bond acceptors (Lipinski definition) is 6. The van der Waals surface area contributed by atoms with Crippen molar-refractivity contribution >= 4 is 18.2 Å². The Bertz CT molecular complexity index is 1220. The molecule has 204 valence electrons. The second-order valence-electron chi connectivity index (χ2n) is 11.0. The average molecular weight is 526 g/mol. The topological polar surface area (TPSA) is 139 Å². The van der Waals surface area contributed by atoms with Crippen LogP contribution in [0.5, 0.6) is 5.75 Å². The number of aliphatic hydroxyl groups is 1. The third-order valence-electron chi connectivity index (χ3n) is 7.65. The Morgan fingerprint density at radius 1 is 1.37 bits per heavy atom. The van der Waals surface area contributed by atoms with E-state index in [1.54, 1.807) is 13.8 Å². The molecule has 1 aromatic carbocycles. The van der Waals surface area contributed by atoms with Gasteiger partial charge in [-0.2, -0.15) is 0 Å². The number of aliphatic imine (C=N–C) groups is 1. The van der Waals surface area contributed by atoms with Gasteiger partial charge >= 0.3 is 0 Å². The molecule has 2 amide bonds. The van der Waals surface area contributed by atoms with Crippen LogP contribution in [-0.2, 0) is 9.59 Å². The summed E-state index contributed by atoms with van der Waals surface area (Å²) < 4.78 is 20.0. The monoisotopic (exact) mass is 525 g/mol. The standard InChI is InChI=1S/C28H36FN5O4/c1-5-28(4,32-15-30)12-22(35)33-23(16-10-17(29)14-31-13-16)19-11-20(19)26(37)34-24-18-8-6-7-9-21(18)38-27(2,3)25(24)36/h6-10,13-15,19-20,23-25,36H,5,11-12H2,1-4H3,(H2,30,32)(H,33,35)(H,34,37)/t19-,20-,23-,24-,25+,28-/m1/s1. The van der Waals surface area contributed by atoms with E-state index in [0.717, 1.165) is 6.20 Å². The molecule has 38 heavy (non-hydrogen) atoms. The summed E-state index contributed by atoms with van der Waals surface area (Å²) in [6.07, 6.45) is 3.98. The molecule has 2 heterocycles. The molecule has 0 unspecified atom stereocenters. The number of ether oxygens (including phenoxy) is 1. The van der Waals surface area contributed by atoms with Crippen molar-refractivity contribution in [2.75, 3.05) is 0 Å². The number of aromatic nitrogens is 1. The molecule has 1 aliphatic heterocycles. The zero-order chi connectivity index (χ0) is 27.7. The molecular weight excluding hydrogens is 489 g/mol. The van der Waals surface area contributed by atoms with E-state index in [0.29, 0.717) is 29.7 Å². The number of carbonyl (C=O) groups excluding carboxylic acids is 2. The zero-order valence-corrected chi connectivity index (χ0v) is 22.1. The number of nitrogens with two attached hydrogens (primary N) is 1. The van der Waals surface area contributed by atoms with E-state index in [9.17, 15) is 19.1 Å². The molecule has 9 nitrogen and oxygen atoms in total. The highest BCUT2D eigenvalue weighted by atomic mass is 19.1. The first-order chi connectivity index (χ1) is 18.0. The third kappa shape index (κ3) is 5.80. The van der Waals surface area contributed by atoms with Crippen molar-refractivity contribution in [3.63, 3.8) is 0 Å². The van der Waals surface area contributed by atoms with Gasteiger partial charge in [0.25, 0.3) is 0 Å². The largest absolute Gasteiger partial charge is 0.485 e. The highest BCUT2D eigenvalue weighted by Gasteiger charge is 2.51. The second-order valence-corrected chi connectivity index (χ2v) is 11.0. The van der Waals surface area contributed by atoms with E-state index in [2.05, 4.69) is 20.6 Å². The number of fused-ring (bicyclic) bond motifs is 1. The van der Waals surface area contributed by atoms with Gasteiger partial charge in [-0.25, -0.2) is 4.39 Å². The smallest absolute Gasteiger partial charge is 0.224 e. The highest BCUT2D eigenvalue weighted by molar-refractivity contribution is 5.83. The summed E-state index contributed by atoms with van der Waals surface area (Å²) >= 11 is 0. The van der Waals surface area contributed by atoms with Gasteiger partial charge < -0.3 is 26.2 Å². The minimum absolute atomic E-state index is 0.0835. The van der Waals surface area contributed by atoms with Gasteiger partial charge in [-0.3, -0.25) is 19.6 Å². The SMILES string of the molecule is CC[C@](C)(CC(=O)N[C@H](c1cncc(F)c1)[C@@H]1C[C@H]1C(=O)N[C@@H]1c2ccccc2OC(C)(C)[C@H]1O)N=CN. The van der Waals surface area contributed by atoms with Crippen LogP contribution in [0.1, 0.15) is 70.2 Å². The summed E-state index contributed by atoms with van der Waals surface area (Å²) in [6.45, 7) is 7.29. The normalized spacial score (nSPS) is 25.9. The average Bonchev–Trinajstić information content (AvgIpc) is 3.66. The summed E-state index contributed by atoms with van der Waals surface area (Å²) in [5.74, 6) is -1.16. The number of pyridine rings is 1. The molecule has 0 radical (unpaired) electrons. The molecule has 2 aromatic rings. The first-order valence-electron chi connectivity index (χ1n) is 12.9. The maximum atomic E-state index is 14.1. The summed E-state index contributed by atoms with van der Waals surface area (Å²) in [6, 6.07) is 7.34. The molecule has 1 aromatic heterocycles. The van der Waals surface area contributed by atoms with E-state index in [1.165, 1.54) is 18.6 Å². The van der Waals surface area contributed by atoms with Gasteiger partial charge in [-0.1, -0.05) is 25.1 Å². The maximum absolute atomic E-state index is 14.1. The fourth-order valence-corrected chi connectivity index (χ4v) is 5.10. The Balaban J connectivity index is 1.52. The molecule has 6 atom stereocenters. The van der Waals surface area contributed by atoms with Crippen LogP contribution in [0.4, 0.5) is 4.39 Å². The number of nitrogens with one attached hydrogen (secondary N) is 2. The maximum Gasteiger partial charge on any atom is 0.224 e. The Morgan fingerprint density at radius 2 is 2.11 bits per heavy atom. The van der Waals surface area contributed by atoms with Crippen LogP contribution < -0.4 is 21.1 Å². The van der Waals surface area contributed by atoms with Gasteiger partial charge in [0.1, 0.15) is 23.3 Å². The number of halogens is 1. The van der Waals surface area contributed by atoms with Crippen molar-refractivity contribution in [2.24, 2.45) is 22.6 Å². The Kier molecular flexibility index (Phi) is 7.73. The molecule has 10 heteroatoms. The Hall–Kier alpha value is -3.53. The molecule has 4 rings (SSSR count). The Labute approximate surface area is 222 Å². The summed E-state index contributed by atoms with van der Waals surface area (Å²) in [4.78, 5) is 34.6. The van der Waals surface area contributed by atoms with Crippen molar-refractivity contribution < 1.29 is 23.8 Å². The first kappa shape index (κ1) is 27.5. The summed E-state index contributed by atoms with van der Waals surface area (Å²) in [5, 5.41) is 17.0. The van der Waals surface area contributed by atoms with Gasteiger partial charge in [-0.05, 0) is 57.2 Å². The molecule has 0 bridgehead atoms. The highest BCUT2D eigenvalue weighted by Crippen LogP contribution is 2.49. The lowest BCUT2D eigenvalue weighted by atomic mass is 9.86. The first-order valence-corrected chi connectivity index (χ1v) is 12.9. The number of benzene rings is 1. The molecular formula is C28H36FN5O4. The number of carbonyl (C=O) groups is 2. The van der Waals surface area contributed by atoms with Crippen LogP contribution in [0.25, 0.3) is 0 Å². The molecule has 5 N–H and O–H groups in total. The number of nitrogens with zero attached hydrogens (tertiary/aromatic N) is 2. The fraction of sp³-hybridized carbons (Fsp3) is 0.500. The van der Waals surface area contributed by atoms with Gasteiger partial charge in [0.2, 0.25) is 11.8 Å². The lowest BCUT2D eigenvalue weighted by molar-refractivity contribution is -0.128. The predicted molar refractivity (Wildman–Crippen MR) is 141 cm³/mol. The minimum Gasteiger partial charge on any atom is -0.485 e.